The fraction of sp³-hybridized carbons (Fsp3) is 0.0909. The van der Waals surface area contributed by atoms with Crippen LogP contribution in [-0.2, 0) is 16.6 Å². The molecule has 0 unspecified atom stereocenters. The molecule has 0 saturated carbocycles. The zero-order valence-corrected chi connectivity index (χ0v) is 10.8. The number of aromatic nitrogens is 2. The van der Waals surface area contributed by atoms with Crippen LogP contribution in [0.2, 0.25) is 0 Å². The van der Waals surface area contributed by atoms with Gasteiger partial charge in [0.2, 0.25) is 10.0 Å². The second-order valence-corrected chi connectivity index (χ2v) is 5.43. The molecule has 7 nitrogen and oxygen atoms in total. The van der Waals surface area contributed by atoms with E-state index in [1.165, 1.54) is 18.3 Å². The molecule has 0 fully saturated rings. The van der Waals surface area contributed by atoms with Crippen molar-refractivity contribution in [3.63, 3.8) is 0 Å². The molecule has 0 atom stereocenters. The second kappa shape index (κ2) is 5.74. The van der Waals surface area contributed by atoms with Crippen LogP contribution in [0.1, 0.15) is 5.69 Å². The topological polar surface area (TPSA) is 110 Å². The maximum Gasteiger partial charge on any atom is 0.241 e. The maximum atomic E-state index is 12.0. The molecule has 2 rings (SSSR count). The maximum absolute atomic E-state index is 12.0. The van der Waals surface area contributed by atoms with Gasteiger partial charge >= 0.3 is 0 Å². The van der Waals surface area contributed by atoms with Gasteiger partial charge in [0.15, 0.2) is 0 Å². The van der Waals surface area contributed by atoms with E-state index in [-0.39, 0.29) is 17.3 Å². The van der Waals surface area contributed by atoms with Crippen molar-refractivity contribution in [1.29, 1.82) is 0 Å². The first-order valence-electron chi connectivity index (χ1n) is 5.44. The number of nitrogens with two attached hydrogens (primary N) is 1. The summed E-state index contributed by atoms with van der Waals surface area (Å²) in [6.07, 6.45) is 2.97. The molecular formula is C11H13N5O2S. The number of nitrogen functional groups attached to an aromatic ring is 1. The van der Waals surface area contributed by atoms with Crippen molar-refractivity contribution in [1.82, 2.24) is 14.7 Å². The van der Waals surface area contributed by atoms with E-state index in [0.717, 1.165) is 0 Å². The van der Waals surface area contributed by atoms with Gasteiger partial charge in [0, 0.05) is 18.5 Å². The molecule has 0 aliphatic carbocycles. The van der Waals surface area contributed by atoms with Gasteiger partial charge in [-0.2, -0.15) is 0 Å². The number of hydrogen-bond acceptors (Lipinski definition) is 6. The lowest BCUT2D eigenvalue weighted by atomic mass is 10.4. The number of rotatable bonds is 5. The zero-order valence-electron chi connectivity index (χ0n) is 9.95. The first kappa shape index (κ1) is 13.4. The van der Waals surface area contributed by atoms with Gasteiger partial charge < -0.3 is 5.43 Å². The van der Waals surface area contributed by atoms with Gasteiger partial charge in [0.05, 0.1) is 17.1 Å². The molecule has 2 aromatic rings. The van der Waals surface area contributed by atoms with Crippen LogP contribution in [0.25, 0.3) is 0 Å². The van der Waals surface area contributed by atoms with E-state index in [1.807, 2.05) is 0 Å². The van der Waals surface area contributed by atoms with E-state index >= 15 is 0 Å². The Morgan fingerprint density at radius 3 is 2.68 bits per heavy atom. The summed E-state index contributed by atoms with van der Waals surface area (Å²) in [4.78, 5) is 7.98. The van der Waals surface area contributed by atoms with Crippen molar-refractivity contribution >= 4 is 15.8 Å². The molecule has 2 aromatic heterocycles. The summed E-state index contributed by atoms with van der Waals surface area (Å²) in [5, 5.41) is 0. The summed E-state index contributed by atoms with van der Waals surface area (Å²) in [6.45, 7) is 0.122. The van der Waals surface area contributed by atoms with Crippen LogP contribution >= 0.6 is 0 Å². The van der Waals surface area contributed by atoms with Crippen LogP contribution in [-0.4, -0.2) is 18.4 Å². The highest BCUT2D eigenvalue weighted by Crippen LogP contribution is 2.12. The van der Waals surface area contributed by atoms with Gasteiger partial charge in [-0.25, -0.2) is 24.0 Å². The van der Waals surface area contributed by atoms with Crippen LogP contribution in [0.5, 0.6) is 0 Å². The van der Waals surface area contributed by atoms with Crippen LogP contribution in [0.15, 0.2) is 47.6 Å². The zero-order chi connectivity index (χ0) is 13.7. The Labute approximate surface area is 110 Å². The van der Waals surface area contributed by atoms with Gasteiger partial charge in [0.25, 0.3) is 0 Å². The molecule has 0 bridgehead atoms. The molecule has 2 heterocycles. The minimum absolute atomic E-state index is 0.0892. The van der Waals surface area contributed by atoms with Gasteiger partial charge in [-0.15, -0.1) is 0 Å². The van der Waals surface area contributed by atoms with Crippen LogP contribution in [0, 0.1) is 0 Å². The minimum atomic E-state index is -3.62. The summed E-state index contributed by atoms with van der Waals surface area (Å²) < 4.78 is 26.5. The average Bonchev–Trinajstić information content (AvgIpc) is 2.46. The van der Waals surface area contributed by atoms with Gasteiger partial charge in [-0.05, 0) is 18.2 Å². The first-order chi connectivity index (χ1) is 9.12. The second-order valence-electron chi connectivity index (χ2n) is 3.67. The number of nitrogens with one attached hydrogen (secondary N) is 2. The van der Waals surface area contributed by atoms with E-state index in [1.54, 1.807) is 24.4 Å². The monoisotopic (exact) mass is 279 g/mol. The number of hydrogen-bond donors (Lipinski definition) is 3. The summed E-state index contributed by atoms with van der Waals surface area (Å²) in [5.41, 5.74) is 2.93. The quantitative estimate of drug-likeness (QED) is 0.534. The van der Waals surface area contributed by atoms with Crippen molar-refractivity contribution in [2.75, 3.05) is 5.43 Å². The standard InChI is InChI=1S/C11H13N5O2S/c12-16-11-7-10(4-6-14-11)19(17,18)15-8-9-3-1-2-5-13-9/h1-7,15H,8,12H2,(H,14,16). The summed E-state index contributed by atoms with van der Waals surface area (Å²) in [5.74, 6) is 5.47. The normalized spacial score (nSPS) is 11.2. The fourth-order valence-electron chi connectivity index (χ4n) is 1.41. The third-order valence-corrected chi connectivity index (χ3v) is 3.76. The van der Waals surface area contributed by atoms with E-state index < -0.39 is 10.0 Å². The largest absolute Gasteiger partial charge is 0.308 e. The third kappa shape index (κ3) is 3.47. The van der Waals surface area contributed by atoms with Crippen molar-refractivity contribution in [2.24, 2.45) is 5.84 Å². The van der Waals surface area contributed by atoms with Crippen molar-refractivity contribution < 1.29 is 8.42 Å². The van der Waals surface area contributed by atoms with Crippen LogP contribution in [0.3, 0.4) is 0 Å². The van der Waals surface area contributed by atoms with E-state index in [0.29, 0.717) is 5.69 Å². The molecule has 8 heteroatoms. The van der Waals surface area contributed by atoms with Crippen LogP contribution < -0.4 is 16.0 Å². The molecule has 0 spiro atoms. The Hall–Kier alpha value is -2.03. The van der Waals surface area contributed by atoms with Gasteiger partial charge in [-0.3, -0.25) is 4.98 Å². The Balaban J connectivity index is 2.14. The highest BCUT2D eigenvalue weighted by Gasteiger charge is 2.14. The van der Waals surface area contributed by atoms with Gasteiger partial charge in [-0.1, -0.05) is 6.07 Å². The Kier molecular flexibility index (Phi) is 4.05. The summed E-state index contributed by atoms with van der Waals surface area (Å²) in [7, 11) is -3.62. The number of hydrazine groups is 1. The average molecular weight is 279 g/mol. The molecule has 0 amide bonds. The van der Waals surface area contributed by atoms with E-state index in [2.05, 4.69) is 20.1 Å². The predicted molar refractivity (Wildman–Crippen MR) is 70.3 cm³/mol. The fourth-order valence-corrected chi connectivity index (χ4v) is 2.42. The molecule has 0 aromatic carbocycles. The van der Waals surface area contributed by atoms with Gasteiger partial charge in [0.1, 0.15) is 5.82 Å². The summed E-state index contributed by atoms with van der Waals surface area (Å²) >= 11 is 0. The molecule has 0 aliphatic heterocycles. The molecule has 0 aliphatic rings. The number of anilines is 1. The van der Waals surface area contributed by atoms with Crippen LogP contribution in [0.4, 0.5) is 5.82 Å². The lowest BCUT2D eigenvalue weighted by molar-refractivity contribution is 0.580. The number of sulfonamides is 1. The Morgan fingerprint density at radius 2 is 2.00 bits per heavy atom. The molecule has 4 N–H and O–H groups in total. The third-order valence-electron chi connectivity index (χ3n) is 2.36. The van der Waals surface area contributed by atoms with E-state index in [4.69, 9.17) is 5.84 Å². The lowest BCUT2D eigenvalue weighted by Crippen LogP contribution is -2.24. The minimum Gasteiger partial charge on any atom is -0.308 e. The number of nitrogens with zero attached hydrogens (tertiary/aromatic N) is 2. The van der Waals surface area contributed by atoms with Crippen molar-refractivity contribution in [3.8, 4) is 0 Å². The lowest BCUT2D eigenvalue weighted by Gasteiger charge is -2.07. The number of pyridine rings is 2. The van der Waals surface area contributed by atoms with Crippen molar-refractivity contribution in [3.05, 3.63) is 48.4 Å². The SMILES string of the molecule is NNc1cc(S(=O)(=O)NCc2ccccn2)ccn1. The molecule has 0 saturated heterocycles. The highest BCUT2D eigenvalue weighted by atomic mass is 32.2. The smallest absolute Gasteiger partial charge is 0.241 e. The molecule has 0 radical (unpaired) electrons. The summed E-state index contributed by atoms with van der Waals surface area (Å²) in [6, 6.07) is 8.03. The molecule has 19 heavy (non-hydrogen) atoms. The highest BCUT2D eigenvalue weighted by molar-refractivity contribution is 7.89. The first-order valence-corrected chi connectivity index (χ1v) is 6.92. The van der Waals surface area contributed by atoms with E-state index in [9.17, 15) is 8.42 Å². The Bertz CT molecular complexity index is 645. The molecule has 100 valence electrons. The predicted octanol–water partition coefficient (Wildman–Crippen LogP) is 0.241. The van der Waals surface area contributed by atoms with Crippen molar-refractivity contribution in [2.45, 2.75) is 11.4 Å². The molecular weight excluding hydrogens is 266 g/mol. The Morgan fingerprint density at radius 1 is 1.16 bits per heavy atom.